The molecule has 23 heavy (non-hydrogen) atoms. The van der Waals surface area contributed by atoms with Crippen molar-refractivity contribution in [1.29, 1.82) is 0 Å². The molecule has 0 heterocycles. The summed E-state index contributed by atoms with van der Waals surface area (Å²) in [7, 11) is 3.24. The van der Waals surface area contributed by atoms with Crippen molar-refractivity contribution in [2.45, 2.75) is 24.7 Å². The number of hydrogen-bond donors (Lipinski definition) is 2. The Kier molecular flexibility index (Phi) is 5.70. The van der Waals surface area contributed by atoms with Crippen molar-refractivity contribution in [3.8, 4) is 5.75 Å². The smallest absolute Gasteiger partial charge is 0.405 e. The Morgan fingerprint density at radius 1 is 1.35 bits per heavy atom. The van der Waals surface area contributed by atoms with Crippen molar-refractivity contribution in [2.24, 2.45) is 4.99 Å². The largest absolute Gasteiger partial charge is 0.573 e. The molecule has 1 aromatic rings. The molecule has 0 spiro atoms. The minimum Gasteiger partial charge on any atom is -0.405 e. The first kappa shape index (κ1) is 17.4. The van der Waals surface area contributed by atoms with Crippen molar-refractivity contribution < 1.29 is 22.6 Å². The van der Waals surface area contributed by atoms with E-state index in [9.17, 15) is 13.2 Å². The molecular formula is C15H20F3N3O2. The number of alkyl halides is 3. The zero-order valence-corrected chi connectivity index (χ0v) is 13.0. The summed E-state index contributed by atoms with van der Waals surface area (Å²) in [6.07, 6.45) is -3.96. The van der Waals surface area contributed by atoms with Crippen molar-refractivity contribution in [3.63, 3.8) is 0 Å². The summed E-state index contributed by atoms with van der Waals surface area (Å²) in [6.45, 7) is 1.14. The summed E-state index contributed by atoms with van der Waals surface area (Å²) in [5.41, 5.74) is 0.551. The number of aliphatic imine (C=N–C) groups is 1. The van der Waals surface area contributed by atoms with Crippen LogP contribution in [0.1, 0.15) is 17.9 Å². The van der Waals surface area contributed by atoms with E-state index in [0.29, 0.717) is 24.7 Å². The van der Waals surface area contributed by atoms with Crippen LogP contribution in [0.5, 0.6) is 5.75 Å². The average Bonchev–Trinajstić information content (AvgIpc) is 3.24. The zero-order chi connectivity index (χ0) is 16.9. The molecule has 2 unspecified atom stereocenters. The molecule has 0 aliphatic heterocycles. The summed E-state index contributed by atoms with van der Waals surface area (Å²) >= 11 is 0. The third-order valence-electron chi connectivity index (χ3n) is 3.48. The molecule has 0 aromatic heterocycles. The highest BCUT2D eigenvalue weighted by molar-refractivity contribution is 5.80. The number of hydrogen-bond acceptors (Lipinski definition) is 3. The molecule has 1 saturated carbocycles. The molecule has 2 N–H and O–H groups in total. The lowest BCUT2D eigenvalue weighted by molar-refractivity contribution is -0.274. The van der Waals surface area contributed by atoms with Gasteiger partial charge < -0.3 is 20.1 Å². The first-order valence-electron chi connectivity index (χ1n) is 7.25. The van der Waals surface area contributed by atoms with Gasteiger partial charge in [0, 0.05) is 32.7 Å². The molecular weight excluding hydrogens is 311 g/mol. The molecule has 128 valence electrons. The lowest BCUT2D eigenvalue weighted by Gasteiger charge is -2.14. The number of guanidine groups is 1. The predicted molar refractivity (Wildman–Crippen MR) is 80.6 cm³/mol. The first-order valence-corrected chi connectivity index (χ1v) is 7.25. The molecule has 1 aliphatic carbocycles. The number of nitrogens with one attached hydrogen (secondary N) is 2. The SMILES string of the molecule is CN=C(NCCOC)NC1CC1c1ccccc1OC(F)(F)F. The van der Waals surface area contributed by atoms with Gasteiger partial charge in [-0.25, -0.2) is 0 Å². The van der Waals surface area contributed by atoms with Crippen LogP contribution in [0.25, 0.3) is 0 Å². The van der Waals surface area contributed by atoms with Crippen LogP contribution in [0.3, 0.4) is 0 Å². The second kappa shape index (κ2) is 7.54. The fourth-order valence-corrected chi connectivity index (χ4v) is 2.34. The highest BCUT2D eigenvalue weighted by Gasteiger charge is 2.42. The Hall–Kier alpha value is -1.96. The molecule has 1 aromatic carbocycles. The lowest BCUT2D eigenvalue weighted by Crippen LogP contribution is -2.40. The Bertz CT molecular complexity index is 549. The van der Waals surface area contributed by atoms with E-state index in [4.69, 9.17) is 4.74 Å². The Balaban J connectivity index is 1.95. The van der Waals surface area contributed by atoms with Crippen molar-refractivity contribution in [2.75, 3.05) is 27.3 Å². The fourth-order valence-electron chi connectivity index (χ4n) is 2.34. The lowest BCUT2D eigenvalue weighted by atomic mass is 10.1. The maximum Gasteiger partial charge on any atom is 0.573 e. The minimum atomic E-state index is -4.69. The van der Waals surface area contributed by atoms with Crippen molar-refractivity contribution >= 4 is 5.96 Å². The molecule has 5 nitrogen and oxygen atoms in total. The van der Waals surface area contributed by atoms with Gasteiger partial charge in [0.2, 0.25) is 0 Å². The van der Waals surface area contributed by atoms with Gasteiger partial charge in [-0.05, 0) is 18.1 Å². The van der Waals surface area contributed by atoms with Gasteiger partial charge in [-0.2, -0.15) is 0 Å². The standard InChI is InChI=1S/C15H20F3N3O2/c1-19-14(20-7-8-22-2)21-12-9-11(12)10-5-3-4-6-13(10)23-15(16,17)18/h3-6,11-12H,7-9H2,1-2H3,(H2,19,20,21). The van der Waals surface area contributed by atoms with E-state index in [0.717, 1.165) is 6.42 Å². The van der Waals surface area contributed by atoms with Gasteiger partial charge in [-0.1, -0.05) is 18.2 Å². The number of halogens is 3. The van der Waals surface area contributed by atoms with Crippen LogP contribution in [-0.4, -0.2) is 45.7 Å². The summed E-state index contributed by atoms with van der Waals surface area (Å²) in [5.74, 6) is 0.426. The zero-order valence-electron chi connectivity index (χ0n) is 13.0. The molecule has 0 bridgehead atoms. The van der Waals surface area contributed by atoms with E-state index >= 15 is 0 Å². The maximum absolute atomic E-state index is 12.5. The van der Waals surface area contributed by atoms with Crippen LogP contribution in [0.4, 0.5) is 13.2 Å². The van der Waals surface area contributed by atoms with Gasteiger partial charge in [0.1, 0.15) is 5.75 Å². The van der Waals surface area contributed by atoms with Crippen molar-refractivity contribution in [3.05, 3.63) is 29.8 Å². The highest BCUT2D eigenvalue weighted by Crippen LogP contribution is 2.45. The van der Waals surface area contributed by atoms with Gasteiger partial charge in [0.05, 0.1) is 6.61 Å². The van der Waals surface area contributed by atoms with Gasteiger partial charge in [-0.15, -0.1) is 13.2 Å². The second-order valence-corrected chi connectivity index (χ2v) is 5.17. The number of nitrogens with zero attached hydrogens (tertiary/aromatic N) is 1. The number of benzene rings is 1. The summed E-state index contributed by atoms with van der Waals surface area (Å²) in [6, 6.07) is 6.26. The highest BCUT2D eigenvalue weighted by atomic mass is 19.4. The number of rotatable bonds is 6. The van der Waals surface area contributed by atoms with Gasteiger partial charge in [-0.3, -0.25) is 4.99 Å². The van der Waals surface area contributed by atoms with Gasteiger partial charge in [0.25, 0.3) is 0 Å². The molecule has 1 aliphatic rings. The van der Waals surface area contributed by atoms with Crippen LogP contribution >= 0.6 is 0 Å². The Morgan fingerprint density at radius 3 is 2.74 bits per heavy atom. The molecule has 0 saturated heterocycles. The quantitative estimate of drug-likeness (QED) is 0.477. The van der Waals surface area contributed by atoms with E-state index in [-0.39, 0.29) is 17.7 Å². The molecule has 1 fully saturated rings. The molecule has 2 atom stereocenters. The summed E-state index contributed by atoms with van der Waals surface area (Å²) in [4.78, 5) is 4.08. The van der Waals surface area contributed by atoms with Crippen LogP contribution in [0, 0.1) is 0 Å². The normalized spacial score (nSPS) is 21.0. The third-order valence-corrected chi connectivity index (χ3v) is 3.48. The average molecular weight is 331 g/mol. The number of ether oxygens (including phenoxy) is 2. The van der Waals surface area contributed by atoms with Gasteiger partial charge >= 0.3 is 6.36 Å². The Labute approximate surface area is 132 Å². The summed E-state index contributed by atoms with van der Waals surface area (Å²) in [5, 5.41) is 6.25. The van der Waals surface area contributed by atoms with Gasteiger partial charge in [0.15, 0.2) is 5.96 Å². The topological polar surface area (TPSA) is 54.9 Å². The third kappa shape index (κ3) is 5.31. The van der Waals surface area contributed by atoms with E-state index in [2.05, 4.69) is 20.4 Å². The molecule has 0 radical (unpaired) electrons. The molecule has 8 heteroatoms. The van der Waals surface area contributed by atoms with E-state index in [1.54, 1.807) is 26.3 Å². The monoisotopic (exact) mass is 331 g/mol. The maximum atomic E-state index is 12.5. The minimum absolute atomic E-state index is 0.0294. The van der Waals surface area contributed by atoms with E-state index in [1.165, 1.54) is 12.1 Å². The van der Waals surface area contributed by atoms with Crippen molar-refractivity contribution in [1.82, 2.24) is 10.6 Å². The van der Waals surface area contributed by atoms with E-state index < -0.39 is 6.36 Å². The molecule has 2 rings (SSSR count). The molecule has 0 amide bonds. The van der Waals surface area contributed by atoms with Crippen LogP contribution < -0.4 is 15.4 Å². The van der Waals surface area contributed by atoms with Crippen LogP contribution in [-0.2, 0) is 4.74 Å². The number of methoxy groups -OCH3 is 1. The second-order valence-electron chi connectivity index (χ2n) is 5.17. The Morgan fingerprint density at radius 2 is 2.09 bits per heavy atom. The fraction of sp³-hybridized carbons (Fsp3) is 0.533. The van der Waals surface area contributed by atoms with Crippen LogP contribution in [0.2, 0.25) is 0 Å². The summed E-state index contributed by atoms with van der Waals surface area (Å²) < 4.78 is 46.4. The van der Waals surface area contributed by atoms with E-state index in [1.807, 2.05) is 0 Å². The van der Waals surface area contributed by atoms with Crippen LogP contribution in [0.15, 0.2) is 29.3 Å². The first-order chi connectivity index (χ1) is 10.9. The predicted octanol–water partition coefficient (Wildman–Crippen LogP) is 2.25. The number of para-hydroxylation sites is 1.